The van der Waals surface area contributed by atoms with Crippen LogP contribution in [-0.4, -0.2) is 44.0 Å². The van der Waals surface area contributed by atoms with Gasteiger partial charge in [0.2, 0.25) is 5.76 Å². The van der Waals surface area contributed by atoms with Crippen LogP contribution in [0.3, 0.4) is 0 Å². The van der Waals surface area contributed by atoms with Crippen molar-refractivity contribution in [1.29, 1.82) is 0 Å². The van der Waals surface area contributed by atoms with E-state index in [4.69, 9.17) is 13.9 Å². The number of hydrogen-bond donors (Lipinski definition) is 0. The summed E-state index contributed by atoms with van der Waals surface area (Å²) in [5.41, 5.74) is 0.592. The number of anilines is 1. The fraction of sp³-hybridized carbons (Fsp3) is 0.233. The van der Waals surface area contributed by atoms with Crippen molar-refractivity contribution >= 4 is 28.5 Å². The molecule has 0 saturated heterocycles. The molecule has 38 heavy (non-hydrogen) atoms. The van der Waals surface area contributed by atoms with Crippen LogP contribution in [0.5, 0.6) is 11.5 Å². The van der Waals surface area contributed by atoms with Crippen molar-refractivity contribution in [2.45, 2.75) is 18.9 Å². The molecule has 1 aromatic heterocycles. The summed E-state index contributed by atoms with van der Waals surface area (Å²) in [5, 5.41) is 0.334. The normalized spacial score (nSPS) is 17.9. The number of methoxy groups -OCH3 is 2. The van der Waals surface area contributed by atoms with Gasteiger partial charge in [-0.25, -0.2) is 0 Å². The van der Waals surface area contributed by atoms with E-state index in [1.807, 2.05) is 43.3 Å². The molecular weight excluding hydrogens is 484 g/mol. The first-order valence-corrected chi connectivity index (χ1v) is 12.5. The molecule has 2 aliphatic rings. The number of amides is 2. The van der Waals surface area contributed by atoms with E-state index in [0.717, 1.165) is 5.56 Å². The van der Waals surface area contributed by atoms with E-state index >= 15 is 0 Å². The van der Waals surface area contributed by atoms with Crippen molar-refractivity contribution in [2.24, 2.45) is 0 Å². The molecule has 0 N–H and O–H groups in total. The highest BCUT2D eigenvalue weighted by molar-refractivity contribution is 6.17. The van der Waals surface area contributed by atoms with Gasteiger partial charge in [-0.1, -0.05) is 36.4 Å². The summed E-state index contributed by atoms with van der Waals surface area (Å²) in [6.45, 7) is 2.44. The lowest BCUT2D eigenvalue weighted by molar-refractivity contribution is -0.126. The van der Waals surface area contributed by atoms with Crippen LogP contribution >= 0.6 is 0 Å². The number of ether oxygens (including phenoxy) is 2. The first-order valence-electron chi connectivity index (χ1n) is 12.5. The lowest BCUT2D eigenvalue weighted by Gasteiger charge is -2.34. The molecule has 0 bridgehead atoms. The van der Waals surface area contributed by atoms with Gasteiger partial charge in [0.1, 0.15) is 5.58 Å². The van der Waals surface area contributed by atoms with Crippen LogP contribution in [0.4, 0.5) is 5.69 Å². The zero-order valence-corrected chi connectivity index (χ0v) is 21.3. The van der Waals surface area contributed by atoms with Gasteiger partial charge in [-0.3, -0.25) is 14.4 Å². The van der Waals surface area contributed by atoms with Crippen molar-refractivity contribution in [1.82, 2.24) is 4.90 Å². The number of hydrogen-bond acceptors (Lipinski definition) is 6. The quantitative estimate of drug-likeness (QED) is 0.388. The minimum absolute atomic E-state index is 0.0814. The highest BCUT2D eigenvalue weighted by Gasteiger charge is 2.64. The summed E-state index contributed by atoms with van der Waals surface area (Å²) in [6, 6.07) is 19.7. The number of para-hydroxylation sites is 2. The van der Waals surface area contributed by atoms with Gasteiger partial charge in [-0.05, 0) is 49.2 Å². The molecule has 3 aromatic carbocycles. The van der Waals surface area contributed by atoms with Crippen molar-refractivity contribution in [3.05, 3.63) is 99.4 Å². The maximum atomic E-state index is 14.3. The van der Waals surface area contributed by atoms with Crippen LogP contribution in [0.2, 0.25) is 0 Å². The zero-order valence-electron chi connectivity index (χ0n) is 21.3. The maximum absolute atomic E-state index is 14.3. The molecule has 0 fully saturated rings. The van der Waals surface area contributed by atoms with Gasteiger partial charge in [-0.2, -0.15) is 0 Å². The third kappa shape index (κ3) is 3.06. The highest BCUT2D eigenvalue weighted by Crippen LogP contribution is 2.52. The Morgan fingerprint density at radius 3 is 2.39 bits per heavy atom. The Labute approximate surface area is 219 Å². The van der Waals surface area contributed by atoms with Crippen molar-refractivity contribution in [3.8, 4) is 11.5 Å². The highest BCUT2D eigenvalue weighted by atomic mass is 16.5. The van der Waals surface area contributed by atoms with Gasteiger partial charge in [-0.15, -0.1) is 0 Å². The fourth-order valence-electron chi connectivity index (χ4n) is 5.83. The number of carbonyl (C=O) groups is 2. The molecule has 1 unspecified atom stereocenters. The standard InChI is InChI=1S/C30H26N2O6/c1-4-31-21-11-7-6-10-20(21)30(29(31)35)25-26(33)19-9-5-8-12-22(19)38-27(25)28(34)32(30)16-15-18-13-14-23(36-2)24(17-18)37-3/h5-14,17H,4,15-16H2,1-3H3. The Hall–Kier alpha value is -4.59. The molecule has 0 saturated carbocycles. The SMILES string of the molecule is CCN1C(=O)C2(c3ccccc31)c1c(oc3ccccc3c1=O)C(=O)N2CCc1ccc(OC)c(OC)c1. The largest absolute Gasteiger partial charge is 0.493 e. The minimum Gasteiger partial charge on any atom is -0.493 e. The topological polar surface area (TPSA) is 89.3 Å². The second-order valence-corrected chi connectivity index (χ2v) is 9.30. The van der Waals surface area contributed by atoms with Crippen LogP contribution < -0.4 is 19.8 Å². The molecule has 0 aliphatic carbocycles. The molecule has 3 heterocycles. The van der Waals surface area contributed by atoms with Gasteiger partial charge in [0.25, 0.3) is 11.8 Å². The molecule has 2 aliphatic heterocycles. The number of fused-ring (bicyclic) bond motifs is 5. The predicted octanol–water partition coefficient (Wildman–Crippen LogP) is 4.12. The Morgan fingerprint density at radius 2 is 1.63 bits per heavy atom. The molecule has 192 valence electrons. The van der Waals surface area contributed by atoms with E-state index < -0.39 is 11.4 Å². The van der Waals surface area contributed by atoms with Crippen molar-refractivity contribution < 1.29 is 23.5 Å². The smallest absolute Gasteiger partial charge is 0.291 e. The third-order valence-corrected chi connectivity index (χ3v) is 7.53. The molecule has 0 radical (unpaired) electrons. The number of benzene rings is 3. The molecule has 4 aromatic rings. The summed E-state index contributed by atoms with van der Waals surface area (Å²) >= 11 is 0. The van der Waals surface area contributed by atoms with E-state index in [1.54, 1.807) is 49.5 Å². The average Bonchev–Trinajstić information content (AvgIpc) is 3.35. The van der Waals surface area contributed by atoms with Crippen LogP contribution in [-0.2, 0) is 16.8 Å². The molecule has 8 nitrogen and oxygen atoms in total. The molecular formula is C30H26N2O6. The number of carbonyl (C=O) groups excluding carboxylic acids is 2. The summed E-state index contributed by atoms with van der Waals surface area (Å²) in [7, 11) is 3.13. The molecule has 8 heteroatoms. The van der Waals surface area contributed by atoms with Gasteiger partial charge in [0.15, 0.2) is 22.5 Å². The molecule has 6 rings (SSSR count). The number of rotatable bonds is 6. The third-order valence-electron chi connectivity index (χ3n) is 7.53. The predicted molar refractivity (Wildman–Crippen MR) is 142 cm³/mol. The van der Waals surface area contributed by atoms with Crippen molar-refractivity contribution in [2.75, 3.05) is 32.2 Å². The van der Waals surface area contributed by atoms with E-state index in [2.05, 4.69) is 0 Å². The molecule has 1 atom stereocenters. The first kappa shape index (κ1) is 23.8. The van der Waals surface area contributed by atoms with Gasteiger partial charge in [0.05, 0.1) is 30.9 Å². The van der Waals surface area contributed by atoms with Crippen LogP contribution in [0.1, 0.15) is 34.2 Å². The summed E-state index contributed by atoms with van der Waals surface area (Å²) in [6.07, 6.45) is 0.414. The Morgan fingerprint density at radius 1 is 0.895 bits per heavy atom. The van der Waals surface area contributed by atoms with E-state index in [-0.39, 0.29) is 29.2 Å². The first-order chi connectivity index (χ1) is 18.5. The lowest BCUT2D eigenvalue weighted by atomic mass is 9.83. The molecule has 2 amide bonds. The average molecular weight is 511 g/mol. The zero-order chi connectivity index (χ0) is 26.6. The summed E-state index contributed by atoms with van der Waals surface area (Å²) < 4.78 is 16.9. The fourth-order valence-corrected chi connectivity index (χ4v) is 5.83. The summed E-state index contributed by atoms with van der Waals surface area (Å²) in [4.78, 5) is 45.5. The van der Waals surface area contributed by atoms with E-state index in [9.17, 15) is 14.4 Å². The van der Waals surface area contributed by atoms with Gasteiger partial charge < -0.3 is 23.7 Å². The second-order valence-electron chi connectivity index (χ2n) is 9.30. The second kappa shape index (κ2) is 8.76. The monoisotopic (exact) mass is 510 g/mol. The van der Waals surface area contributed by atoms with Crippen molar-refractivity contribution in [3.63, 3.8) is 0 Å². The maximum Gasteiger partial charge on any atom is 0.291 e. The van der Waals surface area contributed by atoms with Crippen LogP contribution in [0, 0.1) is 0 Å². The number of likely N-dealkylation sites (N-methyl/N-ethyl adjacent to an activating group) is 1. The van der Waals surface area contributed by atoms with E-state index in [0.29, 0.717) is 46.7 Å². The Kier molecular flexibility index (Phi) is 5.48. The summed E-state index contributed by atoms with van der Waals surface area (Å²) in [5.74, 6) is 0.269. The number of nitrogens with zero attached hydrogens (tertiary/aromatic N) is 2. The van der Waals surface area contributed by atoms with Gasteiger partial charge >= 0.3 is 0 Å². The van der Waals surface area contributed by atoms with Crippen LogP contribution in [0.15, 0.2) is 75.9 Å². The molecule has 1 spiro atoms. The minimum atomic E-state index is -1.61. The lowest BCUT2D eigenvalue weighted by Crippen LogP contribution is -2.54. The van der Waals surface area contributed by atoms with E-state index in [1.165, 1.54) is 4.90 Å². The van der Waals surface area contributed by atoms with Gasteiger partial charge in [0, 0.05) is 18.7 Å². The Bertz CT molecular complexity index is 1680. The van der Waals surface area contributed by atoms with Crippen LogP contribution in [0.25, 0.3) is 11.0 Å². The Balaban J connectivity index is 1.56.